The number of amides is 2. The van der Waals surface area contributed by atoms with Crippen LogP contribution in [0, 0.1) is 5.41 Å². The average molecular weight is 260 g/mol. The minimum atomic E-state index is -0.584. The van der Waals surface area contributed by atoms with Gasteiger partial charge in [-0.05, 0) is 24.2 Å². The van der Waals surface area contributed by atoms with Gasteiger partial charge in [-0.15, -0.1) is 0 Å². The van der Waals surface area contributed by atoms with Gasteiger partial charge in [-0.2, -0.15) is 0 Å². The highest BCUT2D eigenvalue weighted by Crippen LogP contribution is 2.34. The molecule has 4 heteroatoms. The van der Waals surface area contributed by atoms with Crippen LogP contribution in [0.5, 0.6) is 0 Å². The Morgan fingerprint density at radius 3 is 2.32 bits per heavy atom. The van der Waals surface area contributed by atoms with E-state index in [2.05, 4.69) is 12.2 Å². The number of hydrogen-bond donors (Lipinski definition) is 1. The van der Waals surface area contributed by atoms with Gasteiger partial charge in [0.25, 0.3) is 0 Å². The Labute approximate surface area is 113 Å². The summed E-state index contributed by atoms with van der Waals surface area (Å²) in [4.78, 5) is 25.4. The zero-order valence-electron chi connectivity index (χ0n) is 11.7. The molecule has 0 radical (unpaired) electrons. The molecule has 2 amide bonds. The van der Waals surface area contributed by atoms with Crippen LogP contribution in [0.15, 0.2) is 24.3 Å². The summed E-state index contributed by atoms with van der Waals surface area (Å²) in [5.41, 5.74) is 1.23. The van der Waals surface area contributed by atoms with Gasteiger partial charge in [0, 0.05) is 13.0 Å². The number of benzene rings is 1. The van der Waals surface area contributed by atoms with Crippen molar-refractivity contribution in [3.8, 4) is 0 Å². The van der Waals surface area contributed by atoms with E-state index in [4.69, 9.17) is 0 Å². The van der Waals surface area contributed by atoms with Crippen LogP contribution < -0.4 is 10.2 Å². The molecule has 1 N–H and O–H groups in total. The van der Waals surface area contributed by atoms with Crippen molar-refractivity contribution in [1.29, 1.82) is 0 Å². The van der Waals surface area contributed by atoms with Crippen LogP contribution in [0.4, 0.5) is 5.69 Å². The molecule has 1 fully saturated rings. The van der Waals surface area contributed by atoms with E-state index in [1.165, 1.54) is 4.90 Å². The highest BCUT2D eigenvalue weighted by molar-refractivity contribution is 6.22. The van der Waals surface area contributed by atoms with E-state index < -0.39 is 5.41 Å². The number of anilines is 1. The lowest BCUT2D eigenvalue weighted by atomic mass is 9.92. The summed E-state index contributed by atoms with van der Waals surface area (Å²) < 4.78 is 0. The van der Waals surface area contributed by atoms with Gasteiger partial charge >= 0.3 is 0 Å². The molecule has 0 saturated carbocycles. The number of rotatable bonds is 4. The van der Waals surface area contributed by atoms with E-state index in [9.17, 15) is 9.59 Å². The highest BCUT2D eigenvalue weighted by atomic mass is 16.2. The van der Waals surface area contributed by atoms with Crippen molar-refractivity contribution in [3.63, 3.8) is 0 Å². The van der Waals surface area contributed by atoms with Crippen LogP contribution in [0.25, 0.3) is 0 Å². The molecule has 0 spiro atoms. The van der Waals surface area contributed by atoms with Crippen molar-refractivity contribution in [2.45, 2.75) is 33.7 Å². The number of nitrogens with one attached hydrogen (secondary N) is 1. The molecular formula is C15H20N2O2. The fraction of sp³-hybridized carbons (Fsp3) is 0.467. The molecule has 1 aromatic carbocycles. The summed E-state index contributed by atoms with van der Waals surface area (Å²) in [7, 11) is 0. The fourth-order valence-corrected chi connectivity index (χ4v) is 2.24. The first-order chi connectivity index (χ1) is 8.95. The lowest BCUT2D eigenvalue weighted by molar-refractivity contribution is -0.124. The first-order valence-corrected chi connectivity index (χ1v) is 6.63. The molecule has 4 nitrogen and oxygen atoms in total. The van der Waals surface area contributed by atoms with Gasteiger partial charge in [0.15, 0.2) is 0 Å². The van der Waals surface area contributed by atoms with E-state index in [0.717, 1.165) is 18.7 Å². The van der Waals surface area contributed by atoms with Crippen molar-refractivity contribution < 1.29 is 9.59 Å². The first kappa shape index (κ1) is 13.7. The minimum Gasteiger partial charge on any atom is -0.313 e. The molecule has 19 heavy (non-hydrogen) atoms. The summed E-state index contributed by atoms with van der Waals surface area (Å²) >= 11 is 0. The van der Waals surface area contributed by atoms with Gasteiger partial charge in [-0.3, -0.25) is 14.5 Å². The Hall–Kier alpha value is -1.68. The number of hydrogen-bond acceptors (Lipinski definition) is 3. The standard InChI is InChI=1S/C15H20N2O2/c1-4-16-10-11-5-7-12(8-6-11)17-13(18)9-15(2,3)14(17)19/h5-8,16H,4,9-10H2,1-3H3. The number of carbonyl (C=O) groups excluding carboxylic acids is 2. The van der Waals surface area contributed by atoms with Gasteiger partial charge < -0.3 is 5.32 Å². The molecule has 1 heterocycles. The molecule has 1 aromatic rings. The maximum atomic E-state index is 12.2. The molecule has 0 aliphatic carbocycles. The monoisotopic (exact) mass is 260 g/mol. The molecule has 0 aromatic heterocycles. The van der Waals surface area contributed by atoms with E-state index in [-0.39, 0.29) is 18.2 Å². The SMILES string of the molecule is CCNCc1ccc(N2C(=O)CC(C)(C)C2=O)cc1. The Morgan fingerprint density at radius 1 is 1.21 bits per heavy atom. The molecule has 0 bridgehead atoms. The Morgan fingerprint density at radius 2 is 1.84 bits per heavy atom. The van der Waals surface area contributed by atoms with E-state index in [0.29, 0.717) is 5.69 Å². The highest BCUT2D eigenvalue weighted by Gasteiger charge is 2.45. The average Bonchev–Trinajstić information content (AvgIpc) is 2.57. The second kappa shape index (κ2) is 5.13. The Balaban J connectivity index is 2.19. The van der Waals surface area contributed by atoms with Gasteiger partial charge in [-0.1, -0.05) is 32.9 Å². The third-order valence-corrected chi connectivity index (χ3v) is 3.40. The molecule has 1 aliphatic rings. The molecule has 2 rings (SSSR count). The Kier molecular flexibility index (Phi) is 3.71. The molecule has 1 aliphatic heterocycles. The lowest BCUT2D eigenvalue weighted by Crippen LogP contribution is -2.32. The van der Waals surface area contributed by atoms with Crippen LogP contribution in [0.2, 0.25) is 0 Å². The predicted molar refractivity (Wildman–Crippen MR) is 74.7 cm³/mol. The van der Waals surface area contributed by atoms with Crippen molar-refractivity contribution in [2.24, 2.45) is 5.41 Å². The van der Waals surface area contributed by atoms with Crippen LogP contribution in [-0.4, -0.2) is 18.4 Å². The van der Waals surface area contributed by atoms with E-state index >= 15 is 0 Å². The maximum absolute atomic E-state index is 12.2. The predicted octanol–water partition coefficient (Wildman–Crippen LogP) is 2.09. The summed E-state index contributed by atoms with van der Waals surface area (Å²) in [6.45, 7) is 7.39. The zero-order valence-corrected chi connectivity index (χ0v) is 11.7. The van der Waals surface area contributed by atoms with E-state index in [1.807, 2.05) is 38.1 Å². The normalized spacial score (nSPS) is 18.2. The van der Waals surface area contributed by atoms with Crippen LogP contribution in [0.1, 0.15) is 32.8 Å². The molecule has 1 saturated heterocycles. The van der Waals surface area contributed by atoms with Crippen LogP contribution >= 0.6 is 0 Å². The van der Waals surface area contributed by atoms with Crippen molar-refractivity contribution in [1.82, 2.24) is 5.32 Å². The topological polar surface area (TPSA) is 49.4 Å². The zero-order chi connectivity index (χ0) is 14.0. The summed E-state index contributed by atoms with van der Waals surface area (Å²) in [5.74, 6) is -0.230. The lowest BCUT2D eigenvalue weighted by Gasteiger charge is -2.18. The number of carbonyl (C=O) groups is 2. The number of nitrogens with zero attached hydrogens (tertiary/aromatic N) is 1. The van der Waals surface area contributed by atoms with Crippen molar-refractivity contribution in [3.05, 3.63) is 29.8 Å². The molecular weight excluding hydrogens is 240 g/mol. The molecule has 0 atom stereocenters. The third-order valence-electron chi connectivity index (χ3n) is 3.40. The molecule has 0 unspecified atom stereocenters. The van der Waals surface area contributed by atoms with Gasteiger partial charge in [-0.25, -0.2) is 0 Å². The van der Waals surface area contributed by atoms with Crippen LogP contribution in [0.3, 0.4) is 0 Å². The van der Waals surface area contributed by atoms with Gasteiger partial charge in [0.05, 0.1) is 11.1 Å². The van der Waals surface area contributed by atoms with Crippen LogP contribution in [-0.2, 0) is 16.1 Å². The Bertz CT molecular complexity index is 491. The van der Waals surface area contributed by atoms with Crippen molar-refractivity contribution in [2.75, 3.05) is 11.4 Å². The van der Waals surface area contributed by atoms with Gasteiger partial charge in [0.2, 0.25) is 11.8 Å². The minimum absolute atomic E-state index is 0.114. The fourth-order valence-electron chi connectivity index (χ4n) is 2.24. The third kappa shape index (κ3) is 2.68. The quantitative estimate of drug-likeness (QED) is 0.843. The largest absolute Gasteiger partial charge is 0.313 e. The number of imide groups is 1. The second-order valence-electron chi connectivity index (χ2n) is 5.54. The van der Waals surface area contributed by atoms with Gasteiger partial charge in [0.1, 0.15) is 0 Å². The summed E-state index contributed by atoms with van der Waals surface area (Å²) in [6.07, 6.45) is 0.283. The maximum Gasteiger partial charge on any atom is 0.239 e. The summed E-state index contributed by atoms with van der Waals surface area (Å²) in [6, 6.07) is 7.57. The van der Waals surface area contributed by atoms with E-state index in [1.54, 1.807) is 0 Å². The first-order valence-electron chi connectivity index (χ1n) is 6.63. The summed E-state index contributed by atoms with van der Waals surface area (Å²) in [5, 5.41) is 3.24. The molecule has 102 valence electrons. The van der Waals surface area contributed by atoms with Crippen molar-refractivity contribution >= 4 is 17.5 Å². The smallest absolute Gasteiger partial charge is 0.239 e. The second-order valence-corrected chi connectivity index (χ2v) is 5.54.